The molecule has 1 aromatic carbocycles. The highest BCUT2D eigenvalue weighted by Gasteiger charge is 2.14. The van der Waals surface area contributed by atoms with E-state index in [9.17, 15) is 5.11 Å². The Balaban J connectivity index is 2.38. The quantitative estimate of drug-likeness (QED) is 0.686. The molecule has 15 heavy (non-hydrogen) atoms. The molecule has 0 saturated heterocycles. The van der Waals surface area contributed by atoms with Crippen molar-refractivity contribution in [1.82, 2.24) is 0 Å². The Morgan fingerprint density at radius 2 is 2.00 bits per heavy atom. The monoisotopic (exact) mass is 202 g/mol. The highest BCUT2D eigenvalue weighted by Crippen LogP contribution is 2.32. The Bertz CT molecular complexity index is 391. The molecule has 1 nitrogen and oxygen atoms in total. The van der Waals surface area contributed by atoms with Gasteiger partial charge in [0.05, 0.1) is 0 Å². The molecular weight excluding hydrogens is 184 g/mol. The van der Waals surface area contributed by atoms with Gasteiger partial charge in [0.1, 0.15) is 5.75 Å². The minimum absolute atomic E-state index is 0.413. The summed E-state index contributed by atoms with van der Waals surface area (Å²) >= 11 is 0. The van der Waals surface area contributed by atoms with Crippen molar-refractivity contribution in [3.8, 4) is 5.75 Å². The predicted octanol–water partition coefficient (Wildman–Crippen LogP) is 3.83. The first-order valence-corrected chi connectivity index (χ1v) is 5.65. The van der Waals surface area contributed by atoms with Crippen molar-refractivity contribution in [2.75, 3.05) is 0 Å². The van der Waals surface area contributed by atoms with Crippen LogP contribution in [-0.4, -0.2) is 5.11 Å². The maximum Gasteiger partial charge on any atom is 0.118 e. The van der Waals surface area contributed by atoms with Gasteiger partial charge in [-0.05, 0) is 55.9 Å². The van der Waals surface area contributed by atoms with Crippen LogP contribution in [0, 0.1) is 13.8 Å². The van der Waals surface area contributed by atoms with Gasteiger partial charge in [0, 0.05) is 5.92 Å². The lowest BCUT2D eigenvalue weighted by molar-refractivity contribution is 0.470. The summed E-state index contributed by atoms with van der Waals surface area (Å²) in [4.78, 5) is 0. The van der Waals surface area contributed by atoms with E-state index in [0.29, 0.717) is 11.7 Å². The summed E-state index contributed by atoms with van der Waals surface area (Å²) in [5, 5.41) is 9.60. The summed E-state index contributed by atoms with van der Waals surface area (Å²) < 4.78 is 0. The Labute approximate surface area is 91.4 Å². The van der Waals surface area contributed by atoms with Crippen LogP contribution in [0.1, 0.15) is 41.9 Å². The molecule has 0 radical (unpaired) electrons. The largest absolute Gasteiger partial charge is 0.508 e. The number of phenolic OH excluding ortho intramolecular Hbond substituents is 1. The van der Waals surface area contributed by atoms with E-state index in [1.54, 1.807) is 0 Å². The first-order chi connectivity index (χ1) is 7.18. The van der Waals surface area contributed by atoms with Gasteiger partial charge in [0.2, 0.25) is 0 Å². The van der Waals surface area contributed by atoms with Crippen LogP contribution in [0.5, 0.6) is 5.75 Å². The third kappa shape index (κ3) is 2.06. The lowest BCUT2D eigenvalue weighted by Crippen LogP contribution is -2.02. The van der Waals surface area contributed by atoms with E-state index in [4.69, 9.17) is 0 Å². The number of allylic oxidation sites excluding steroid dienone is 2. The molecule has 0 bridgehead atoms. The summed E-state index contributed by atoms with van der Waals surface area (Å²) in [5.41, 5.74) is 3.56. The Morgan fingerprint density at radius 3 is 2.67 bits per heavy atom. The molecule has 1 aliphatic rings. The van der Waals surface area contributed by atoms with Crippen molar-refractivity contribution in [2.45, 2.75) is 39.0 Å². The van der Waals surface area contributed by atoms with Gasteiger partial charge in [-0.2, -0.15) is 0 Å². The summed E-state index contributed by atoms with van der Waals surface area (Å²) in [5.74, 6) is 0.967. The number of hydrogen-bond acceptors (Lipinski definition) is 1. The molecule has 1 unspecified atom stereocenters. The van der Waals surface area contributed by atoms with E-state index in [1.807, 2.05) is 13.0 Å². The molecule has 0 fully saturated rings. The minimum Gasteiger partial charge on any atom is -0.508 e. The molecule has 1 N–H and O–H groups in total. The van der Waals surface area contributed by atoms with Gasteiger partial charge in [-0.3, -0.25) is 0 Å². The first kappa shape index (κ1) is 10.3. The fourth-order valence-corrected chi connectivity index (χ4v) is 2.29. The second kappa shape index (κ2) is 4.09. The highest BCUT2D eigenvalue weighted by molar-refractivity contribution is 5.43. The van der Waals surface area contributed by atoms with Crippen molar-refractivity contribution in [1.29, 1.82) is 0 Å². The lowest BCUT2D eigenvalue weighted by atomic mass is 9.86. The van der Waals surface area contributed by atoms with E-state index >= 15 is 0 Å². The van der Waals surface area contributed by atoms with Crippen LogP contribution in [0.2, 0.25) is 0 Å². The summed E-state index contributed by atoms with van der Waals surface area (Å²) in [7, 11) is 0. The molecule has 1 aromatic rings. The number of aryl methyl sites for hydroxylation is 2. The second-order valence-corrected chi connectivity index (χ2v) is 4.46. The minimum atomic E-state index is 0.413. The number of benzene rings is 1. The zero-order valence-electron chi connectivity index (χ0n) is 9.46. The van der Waals surface area contributed by atoms with E-state index < -0.39 is 0 Å². The molecule has 1 aliphatic carbocycles. The van der Waals surface area contributed by atoms with Gasteiger partial charge in [-0.1, -0.05) is 18.2 Å². The van der Waals surface area contributed by atoms with Gasteiger partial charge >= 0.3 is 0 Å². The van der Waals surface area contributed by atoms with Gasteiger partial charge in [-0.15, -0.1) is 0 Å². The number of rotatable bonds is 1. The highest BCUT2D eigenvalue weighted by atomic mass is 16.3. The number of aromatic hydroxyl groups is 1. The fourth-order valence-electron chi connectivity index (χ4n) is 2.29. The second-order valence-electron chi connectivity index (χ2n) is 4.46. The summed E-state index contributed by atoms with van der Waals surface area (Å²) in [6, 6.07) is 4.01. The summed E-state index contributed by atoms with van der Waals surface area (Å²) in [6.07, 6.45) is 8.31. The zero-order valence-corrected chi connectivity index (χ0v) is 9.46. The molecule has 0 spiro atoms. The molecule has 80 valence electrons. The number of phenols is 1. The fraction of sp³-hybridized carbons (Fsp3) is 0.429. The standard InChI is InChI=1S/C14H18O/c1-10-9-14(15)11(2)8-13(10)12-6-4-3-5-7-12/h4,6,8-9,12,15H,3,5,7H2,1-2H3. The van der Waals surface area contributed by atoms with Gasteiger partial charge in [0.25, 0.3) is 0 Å². The molecular formula is C14H18O. The SMILES string of the molecule is Cc1cc(C2C=CCCC2)c(C)cc1O. The average Bonchev–Trinajstić information content (AvgIpc) is 2.25. The van der Waals surface area contributed by atoms with Crippen LogP contribution in [0.3, 0.4) is 0 Å². The topological polar surface area (TPSA) is 20.2 Å². The van der Waals surface area contributed by atoms with E-state index in [2.05, 4.69) is 25.1 Å². The Kier molecular flexibility index (Phi) is 2.81. The van der Waals surface area contributed by atoms with Gasteiger partial charge < -0.3 is 5.11 Å². The van der Waals surface area contributed by atoms with Gasteiger partial charge in [0.15, 0.2) is 0 Å². The number of hydrogen-bond donors (Lipinski definition) is 1. The smallest absolute Gasteiger partial charge is 0.118 e. The Morgan fingerprint density at radius 1 is 1.20 bits per heavy atom. The van der Waals surface area contributed by atoms with E-state index in [-0.39, 0.29) is 0 Å². The van der Waals surface area contributed by atoms with Crippen LogP contribution in [0.15, 0.2) is 24.3 Å². The van der Waals surface area contributed by atoms with Crippen molar-refractivity contribution < 1.29 is 5.11 Å². The maximum atomic E-state index is 9.60. The average molecular weight is 202 g/mol. The Hall–Kier alpha value is -1.24. The van der Waals surface area contributed by atoms with Crippen LogP contribution in [-0.2, 0) is 0 Å². The van der Waals surface area contributed by atoms with Crippen molar-refractivity contribution >= 4 is 0 Å². The van der Waals surface area contributed by atoms with Crippen LogP contribution in [0.25, 0.3) is 0 Å². The van der Waals surface area contributed by atoms with Crippen molar-refractivity contribution in [2.24, 2.45) is 0 Å². The van der Waals surface area contributed by atoms with Crippen molar-refractivity contribution in [3.05, 3.63) is 41.0 Å². The third-order valence-electron chi connectivity index (χ3n) is 3.24. The molecule has 1 atom stereocenters. The molecule has 0 heterocycles. The zero-order chi connectivity index (χ0) is 10.8. The van der Waals surface area contributed by atoms with Gasteiger partial charge in [-0.25, -0.2) is 0 Å². The third-order valence-corrected chi connectivity index (χ3v) is 3.24. The molecule has 0 aromatic heterocycles. The van der Waals surface area contributed by atoms with Crippen LogP contribution in [0.4, 0.5) is 0 Å². The van der Waals surface area contributed by atoms with E-state index in [0.717, 1.165) is 5.56 Å². The van der Waals surface area contributed by atoms with E-state index in [1.165, 1.54) is 30.4 Å². The molecule has 0 saturated carbocycles. The van der Waals surface area contributed by atoms with Crippen molar-refractivity contribution in [3.63, 3.8) is 0 Å². The molecule has 0 amide bonds. The lowest BCUT2D eigenvalue weighted by Gasteiger charge is -2.19. The molecule has 2 rings (SSSR count). The first-order valence-electron chi connectivity index (χ1n) is 5.65. The van der Waals surface area contributed by atoms with Crippen LogP contribution < -0.4 is 0 Å². The molecule has 1 heteroatoms. The predicted molar refractivity (Wildman–Crippen MR) is 63.3 cm³/mol. The normalized spacial score (nSPS) is 20.5. The summed E-state index contributed by atoms with van der Waals surface area (Å²) in [6.45, 7) is 4.04. The molecule has 0 aliphatic heterocycles. The maximum absolute atomic E-state index is 9.60. The van der Waals surface area contributed by atoms with Crippen LogP contribution >= 0.6 is 0 Å².